The Bertz CT molecular complexity index is 2310. The monoisotopic (exact) mass is 687 g/mol. The molecule has 12 heteroatoms. The molecule has 5 N–H and O–H groups in total. The first kappa shape index (κ1) is 31.4. The van der Waals surface area contributed by atoms with E-state index in [1.807, 2.05) is 18.5 Å². The third-order valence-electron chi connectivity index (χ3n) is 10.7. The van der Waals surface area contributed by atoms with Crippen molar-refractivity contribution in [2.45, 2.75) is 62.1 Å². The maximum Gasteiger partial charge on any atom is 0.404 e. The number of benzene rings is 3. The molecule has 0 bridgehead atoms. The van der Waals surface area contributed by atoms with Crippen LogP contribution in [0.4, 0.5) is 13.6 Å². The van der Waals surface area contributed by atoms with Gasteiger partial charge in [-0.2, -0.15) is 0 Å². The molecule has 1 fully saturated rings. The van der Waals surface area contributed by atoms with Gasteiger partial charge in [-0.1, -0.05) is 48.5 Å². The number of aryl methyl sites for hydroxylation is 1. The molecule has 9 rings (SSSR count). The van der Waals surface area contributed by atoms with Crippen molar-refractivity contribution in [2.75, 3.05) is 6.54 Å². The number of aromatic amines is 2. The topological polar surface area (TPSA) is 141 Å². The number of ketones is 1. The molecular weight excluding hydrogens is 652 g/mol. The van der Waals surface area contributed by atoms with Crippen LogP contribution in [0.2, 0.25) is 0 Å². The lowest BCUT2D eigenvalue weighted by Gasteiger charge is -2.31. The SMILES string of the molecule is O=C(O)N[C@H]1CCc2ccn3c2C1C(=O)C[C@H](c1ncc(-c2ccc(-c4ccc5cc(-c6cnc([C@@H]7CC(F)(F)CN7)[nH]6)ccc5c4)cc2)[nH]1)C3. The summed E-state index contributed by atoms with van der Waals surface area (Å²) in [5.41, 5.74) is 7.75. The van der Waals surface area contributed by atoms with Crippen molar-refractivity contribution >= 4 is 22.6 Å². The van der Waals surface area contributed by atoms with E-state index in [0.717, 1.165) is 67.9 Å². The molecule has 3 aliphatic rings. The minimum Gasteiger partial charge on any atom is -0.465 e. The summed E-state index contributed by atoms with van der Waals surface area (Å²) in [7, 11) is 0. The lowest BCUT2D eigenvalue weighted by atomic mass is 9.79. The van der Waals surface area contributed by atoms with Crippen molar-refractivity contribution in [1.82, 2.24) is 35.1 Å². The molecule has 10 nitrogen and oxygen atoms in total. The Hall–Kier alpha value is -5.62. The zero-order chi connectivity index (χ0) is 34.9. The highest BCUT2D eigenvalue weighted by Gasteiger charge is 2.42. The molecule has 1 unspecified atom stereocenters. The number of hydrogen-bond acceptors (Lipinski definition) is 5. The fraction of sp³-hybridized carbons (Fsp3) is 0.282. The van der Waals surface area contributed by atoms with Crippen molar-refractivity contribution in [1.29, 1.82) is 0 Å². The number of aromatic nitrogens is 5. The van der Waals surface area contributed by atoms with Crippen LogP contribution in [-0.4, -0.2) is 60.0 Å². The van der Waals surface area contributed by atoms with E-state index in [9.17, 15) is 23.5 Å². The number of hydrogen-bond donors (Lipinski definition) is 5. The predicted octanol–water partition coefficient (Wildman–Crippen LogP) is 7.18. The number of nitrogens with zero attached hydrogens (tertiary/aromatic N) is 3. The van der Waals surface area contributed by atoms with Gasteiger partial charge < -0.3 is 30.3 Å². The van der Waals surface area contributed by atoms with Gasteiger partial charge >= 0.3 is 6.09 Å². The van der Waals surface area contributed by atoms with E-state index in [4.69, 9.17) is 4.98 Å². The number of rotatable bonds is 6. The summed E-state index contributed by atoms with van der Waals surface area (Å²) in [6.07, 6.45) is 5.77. The van der Waals surface area contributed by atoms with Gasteiger partial charge in [0.25, 0.3) is 5.92 Å². The molecule has 1 saturated heterocycles. The summed E-state index contributed by atoms with van der Waals surface area (Å²) >= 11 is 0. The van der Waals surface area contributed by atoms with Crippen LogP contribution >= 0.6 is 0 Å². The Kier molecular flexibility index (Phi) is 7.39. The van der Waals surface area contributed by atoms with E-state index < -0.39 is 30.0 Å². The number of carbonyl (C=O) groups is 2. The number of halogens is 2. The van der Waals surface area contributed by atoms with Crippen LogP contribution in [0, 0.1) is 0 Å². The Balaban J connectivity index is 0.909. The van der Waals surface area contributed by atoms with Gasteiger partial charge in [-0.05, 0) is 64.1 Å². The van der Waals surface area contributed by atoms with Crippen molar-refractivity contribution < 1.29 is 23.5 Å². The van der Waals surface area contributed by atoms with E-state index in [1.54, 1.807) is 6.20 Å². The number of carbonyl (C=O) groups excluding carboxylic acids is 1. The number of fused-ring (bicyclic) bond motifs is 1. The molecule has 5 heterocycles. The zero-order valence-electron chi connectivity index (χ0n) is 27.5. The largest absolute Gasteiger partial charge is 0.465 e. The molecule has 2 aliphatic heterocycles. The van der Waals surface area contributed by atoms with Crippen molar-refractivity contribution in [3.05, 3.63) is 108 Å². The van der Waals surface area contributed by atoms with Crippen LogP contribution in [0.3, 0.4) is 0 Å². The second kappa shape index (κ2) is 12.0. The summed E-state index contributed by atoms with van der Waals surface area (Å²) < 4.78 is 29.5. The fourth-order valence-electron chi connectivity index (χ4n) is 8.19. The highest BCUT2D eigenvalue weighted by molar-refractivity contribution is 5.91. The van der Waals surface area contributed by atoms with Gasteiger partial charge in [0.1, 0.15) is 17.4 Å². The molecule has 3 aromatic heterocycles. The number of H-pyrrole nitrogens is 2. The average Bonchev–Trinajstić information content (AvgIpc) is 3.93. The van der Waals surface area contributed by atoms with Gasteiger partial charge in [-0.3, -0.25) is 4.79 Å². The van der Waals surface area contributed by atoms with Crippen LogP contribution in [-0.2, 0) is 17.8 Å². The summed E-state index contributed by atoms with van der Waals surface area (Å²) in [4.78, 5) is 40.9. The van der Waals surface area contributed by atoms with Gasteiger partial charge in [-0.15, -0.1) is 0 Å². The third kappa shape index (κ3) is 5.79. The number of alkyl halides is 2. The summed E-state index contributed by atoms with van der Waals surface area (Å²) in [5, 5.41) is 17.0. The molecule has 0 radical (unpaired) electrons. The van der Waals surface area contributed by atoms with Crippen LogP contribution < -0.4 is 10.6 Å². The lowest BCUT2D eigenvalue weighted by molar-refractivity contribution is -0.121. The van der Waals surface area contributed by atoms with E-state index >= 15 is 0 Å². The zero-order valence-corrected chi connectivity index (χ0v) is 27.5. The molecule has 3 aromatic carbocycles. The second-order valence-electron chi connectivity index (χ2n) is 14.0. The van der Waals surface area contributed by atoms with Gasteiger partial charge in [0.2, 0.25) is 0 Å². The summed E-state index contributed by atoms with van der Waals surface area (Å²) in [6.45, 7) is 0.257. The Morgan fingerprint density at radius 2 is 1.55 bits per heavy atom. The molecule has 4 atom stereocenters. The van der Waals surface area contributed by atoms with Crippen molar-refractivity contribution in [3.63, 3.8) is 0 Å². The van der Waals surface area contributed by atoms with Gasteiger partial charge in [-0.25, -0.2) is 23.5 Å². The van der Waals surface area contributed by atoms with E-state index in [2.05, 4.69) is 90.8 Å². The first-order valence-corrected chi connectivity index (χ1v) is 17.2. The van der Waals surface area contributed by atoms with E-state index in [-0.39, 0.29) is 31.1 Å². The summed E-state index contributed by atoms with van der Waals surface area (Å²) in [6, 6.07) is 21.9. The highest BCUT2D eigenvalue weighted by Crippen LogP contribution is 2.40. The number of carboxylic acid groups (broad SMARTS) is 1. The standard InChI is InChI=1S/C39H35F2N7O3/c40-39(41)16-30(44-20-39)37-43-18-32(46-37)27-8-7-25-13-24(5-6-26(25)14-27)21-1-3-22(4-2-21)31-17-42-36(45-31)28-15-33(49)34-29(47-38(50)51)10-9-23-11-12-48(19-28)35(23)34/h1-8,11-14,17-18,28-30,34,44,47H,9-10,15-16,19-20H2,(H,42,45)(H,43,46)(H,50,51)/t28-,29-,30-,34?/m0/s1. The van der Waals surface area contributed by atoms with Crippen LogP contribution in [0.1, 0.15) is 60.0 Å². The number of nitrogens with one attached hydrogen (secondary N) is 4. The first-order chi connectivity index (χ1) is 24.7. The third-order valence-corrected chi connectivity index (χ3v) is 10.7. The Morgan fingerprint density at radius 3 is 2.29 bits per heavy atom. The highest BCUT2D eigenvalue weighted by atomic mass is 19.3. The lowest BCUT2D eigenvalue weighted by Crippen LogP contribution is -2.44. The van der Waals surface area contributed by atoms with E-state index in [1.165, 1.54) is 0 Å². The molecule has 0 saturated carbocycles. The van der Waals surface area contributed by atoms with Crippen LogP contribution in [0.5, 0.6) is 0 Å². The Morgan fingerprint density at radius 1 is 0.882 bits per heavy atom. The maximum atomic E-state index is 13.7. The van der Waals surface area contributed by atoms with Gasteiger partial charge in [0.15, 0.2) is 0 Å². The van der Waals surface area contributed by atoms with Crippen molar-refractivity contribution in [2.24, 2.45) is 0 Å². The number of amides is 1. The minimum absolute atomic E-state index is 0.0353. The molecule has 0 spiro atoms. The molecule has 51 heavy (non-hydrogen) atoms. The number of Topliss-reactive ketones (excluding diaryl/α,β-unsaturated/α-hetero) is 1. The molecule has 1 aliphatic carbocycles. The predicted molar refractivity (Wildman–Crippen MR) is 188 cm³/mol. The van der Waals surface area contributed by atoms with Crippen molar-refractivity contribution in [3.8, 4) is 33.6 Å². The second-order valence-corrected chi connectivity index (χ2v) is 14.0. The van der Waals surface area contributed by atoms with Gasteiger partial charge in [0.05, 0.1) is 42.3 Å². The van der Waals surface area contributed by atoms with Crippen LogP contribution in [0.25, 0.3) is 44.4 Å². The molecule has 1 amide bonds. The summed E-state index contributed by atoms with van der Waals surface area (Å²) in [5.74, 6) is -2.08. The molecule has 6 aromatic rings. The molecular formula is C39H35F2N7O3. The maximum absolute atomic E-state index is 13.7. The quantitative estimate of drug-likeness (QED) is 0.126. The minimum atomic E-state index is -2.72. The van der Waals surface area contributed by atoms with Crippen LogP contribution in [0.15, 0.2) is 85.3 Å². The smallest absolute Gasteiger partial charge is 0.404 e. The first-order valence-electron chi connectivity index (χ1n) is 17.2. The van der Waals surface area contributed by atoms with E-state index in [0.29, 0.717) is 18.8 Å². The Labute approximate surface area is 291 Å². The molecule has 258 valence electrons. The average molecular weight is 688 g/mol. The van der Waals surface area contributed by atoms with Gasteiger partial charge in [0, 0.05) is 48.8 Å². The normalized spacial score (nSPS) is 22.5. The fourth-order valence-corrected chi connectivity index (χ4v) is 8.19. The number of imidazole rings is 2.